The molecule has 0 bridgehead atoms. The molecule has 3 aromatic rings. The van der Waals surface area contributed by atoms with Crippen LogP contribution in [0.5, 0.6) is 5.75 Å². The molecule has 0 radical (unpaired) electrons. The van der Waals surface area contributed by atoms with E-state index in [0.29, 0.717) is 29.4 Å². The first-order valence-electron chi connectivity index (χ1n) is 11.6. The van der Waals surface area contributed by atoms with Gasteiger partial charge in [-0.25, -0.2) is 9.97 Å². The number of pyridine rings is 2. The molecular weight excluding hydrogens is 418 g/mol. The highest BCUT2D eigenvalue weighted by atomic mass is 16.5. The number of likely N-dealkylation sites (tertiary alicyclic amines) is 1. The minimum atomic E-state index is -0.282. The molecule has 1 saturated carbocycles. The molecule has 1 saturated heterocycles. The van der Waals surface area contributed by atoms with Crippen LogP contribution in [0.15, 0.2) is 35.4 Å². The second-order valence-corrected chi connectivity index (χ2v) is 8.66. The number of fused-ring (bicyclic) bond motifs is 1. The summed E-state index contributed by atoms with van der Waals surface area (Å²) in [6.07, 6.45) is 9.84. The lowest BCUT2D eigenvalue weighted by molar-refractivity contribution is 0.237. The average Bonchev–Trinajstić information content (AvgIpc) is 3.55. The molecule has 0 amide bonds. The summed E-state index contributed by atoms with van der Waals surface area (Å²) in [6.45, 7) is 3.89. The first kappa shape index (κ1) is 21.3. The van der Waals surface area contributed by atoms with Crippen molar-refractivity contribution in [1.29, 1.82) is 5.26 Å². The van der Waals surface area contributed by atoms with Gasteiger partial charge in [0, 0.05) is 25.6 Å². The van der Waals surface area contributed by atoms with Crippen LogP contribution in [0.4, 0.5) is 11.8 Å². The van der Waals surface area contributed by atoms with Crippen molar-refractivity contribution in [3.05, 3.63) is 46.5 Å². The Bertz CT molecular complexity index is 1230. The summed E-state index contributed by atoms with van der Waals surface area (Å²) in [4.78, 5) is 28.7. The first-order valence-corrected chi connectivity index (χ1v) is 11.6. The van der Waals surface area contributed by atoms with Crippen molar-refractivity contribution in [2.45, 2.75) is 44.6 Å². The third-order valence-electron chi connectivity index (χ3n) is 6.43. The quantitative estimate of drug-likeness (QED) is 0.585. The molecule has 1 aliphatic heterocycles. The van der Waals surface area contributed by atoms with Gasteiger partial charge < -0.3 is 10.1 Å². The van der Waals surface area contributed by atoms with Crippen molar-refractivity contribution >= 4 is 22.8 Å². The lowest BCUT2D eigenvalue weighted by Gasteiger charge is -2.17. The fourth-order valence-electron chi connectivity index (χ4n) is 4.71. The van der Waals surface area contributed by atoms with Crippen molar-refractivity contribution in [3.8, 4) is 11.8 Å². The lowest BCUT2D eigenvalue weighted by atomic mass is 10.2. The molecule has 33 heavy (non-hydrogen) atoms. The number of nitrogens with zero attached hydrogens (tertiary/aromatic N) is 6. The second kappa shape index (κ2) is 9.55. The molecule has 2 fully saturated rings. The molecule has 1 aliphatic carbocycles. The van der Waals surface area contributed by atoms with E-state index in [-0.39, 0.29) is 18.6 Å². The van der Waals surface area contributed by atoms with Gasteiger partial charge in [-0.3, -0.25) is 14.3 Å². The SMILES string of the molecule is N#Cc1cc2cnc(Nc3ccc(OCCN4CCCC4)cn3)nc2n(C2CCCC2)c1=O.[HH]. The summed E-state index contributed by atoms with van der Waals surface area (Å²) in [5.74, 6) is 1.66. The van der Waals surface area contributed by atoms with Crippen LogP contribution < -0.4 is 15.6 Å². The van der Waals surface area contributed by atoms with Gasteiger partial charge in [0.1, 0.15) is 35.5 Å². The third-order valence-corrected chi connectivity index (χ3v) is 6.43. The minimum absolute atomic E-state index is 0. The zero-order valence-electron chi connectivity index (χ0n) is 18.5. The predicted molar refractivity (Wildman–Crippen MR) is 127 cm³/mol. The van der Waals surface area contributed by atoms with Crippen LogP contribution in [0.1, 0.15) is 51.6 Å². The van der Waals surface area contributed by atoms with E-state index in [4.69, 9.17) is 4.74 Å². The zero-order chi connectivity index (χ0) is 22.6. The van der Waals surface area contributed by atoms with Crippen LogP contribution in [-0.4, -0.2) is 50.7 Å². The Labute approximate surface area is 193 Å². The molecule has 5 rings (SSSR count). The molecule has 1 N–H and O–H groups in total. The van der Waals surface area contributed by atoms with Gasteiger partial charge in [-0.1, -0.05) is 12.8 Å². The molecule has 0 aromatic carbocycles. The highest BCUT2D eigenvalue weighted by Gasteiger charge is 2.22. The smallest absolute Gasteiger partial charge is 0.270 e. The molecule has 0 unspecified atom stereocenters. The molecular formula is C24H29N7O2. The van der Waals surface area contributed by atoms with E-state index in [1.807, 2.05) is 18.2 Å². The van der Waals surface area contributed by atoms with Gasteiger partial charge in [0.15, 0.2) is 0 Å². The number of aromatic nitrogens is 4. The standard InChI is InChI=1S/C24H27N7O2.H2/c25-14-17-13-18-15-27-24(29-22(18)31(23(17)32)19-5-1-2-6-19)28-21-8-7-20(16-26-21)33-12-11-30-9-3-4-10-30;/h7-8,13,15-16,19H,1-6,9-12H2,(H,26,27,28,29);1H. The number of anilines is 2. The molecule has 2 aliphatic rings. The monoisotopic (exact) mass is 447 g/mol. The summed E-state index contributed by atoms with van der Waals surface area (Å²) in [6, 6.07) is 7.33. The Morgan fingerprint density at radius 1 is 1.15 bits per heavy atom. The highest BCUT2D eigenvalue weighted by molar-refractivity contribution is 5.77. The maximum absolute atomic E-state index is 12.9. The molecule has 9 nitrogen and oxygen atoms in total. The van der Waals surface area contributed by atoms with E-state index >= 15 is 0 Å². The summed E-state index contributed by atoms with van der Waals surface area (Å²) in [5, 5.41) is 13.2. The molecule has 4 heterocycles. The van der Waals surface area contributed by atoms with Gasteiger partial charge in [0.25, 0.3) is 5.56 Å². The number of rotatable bonds is 7. The Balaban J connectivity index is 0.00000274. The van der Waals surface area contributed by atoms with Gasteiger partial charge in [-0.2, -0.15) is 10.2 Å². The fraction of sp³-hybridized carbons (Fsp3) is 0.458. The van der Waals surface area contributed by atoms with E-state index in [2.05, 4.69) is 25.2 Å². The molecule has 9 heteroatoms. The van der Waals surface area contributed by atoms with E-state index in [9.17, 15) is 10.1 Å². The van der Waals surface area contributed by atoms with Crippen LogP contribution >= 0.6 is 0 Å². The molecule has 3 aromatic heterocycles. The van der Waals surface area contributed by atoms with Crippen LogP contribution in [-0.2, 0) is 0 Å². The largest absolute Gasteiger partial charge is 0.491 e. The van der Waals surface area contributed by atoms with Crippen molar-refractivity contribution in [3.63, 3.8) is 0 Å². The Morgan fingerprint density at radius 3 is 2.70 bits per heavy atom. The van der Waals surface area contributed by atoms with Gasteiger partial charge in [-0.05, 0) is 57.0 Å². The Hall–Kier alpha value is -3.51. The van der Waals surface area contributed by atoms with Gasteiger partial charge in [0.2, 0.25) is 5.95 Å². The lowest BCUT2D eigenvalue weighted by Crippen LogP contribution is -2.26. The van der Waals surface area contributed by atoms with Crippen molar-refractivity contribution in [2.75, 3.05) is 31.6 Å². The molecule has 0 atom stereocenters. The molecule has 172 valence electrons. The summed E-state index contributed by atoms with van der Waals surface area (Å²) in [7, 11) is 0. The normalized spacial score (nSPS) is 16.8. The number of nitriles is 1. The Morgan fingerprint density at radius 2 is 1.97 bits per heavy atom. The average molecular weight is 448 g/mol. The number of ether oxygens (including phenoxy) is 1. The van der Waals surface area contributed by atoms with E-state index in [1.165, 1.54) is 12.8 Å². The van der Waals surface area contributed by atoms with Crippen LogP contribution in [0, 0.1) is 11.3 Å². The molecule has 0 spiro atoms. The first-order chi connectivity index (χ1) is 16.2. The highest BCUT2D eigenvalue weighted by Crippen LogP contribution is 2.30. The van der Waals surface area contributed by atoms with E-state index < -0.39 is 0 Å². The van der Waals surface area contributed by atoms with Gasteiger partial charge >= 0.3 is 0 Å². The van der Waals surface area contributed by atoms with Gasteiger partial charge in [0.05, 0.1) is 6.20 Å². The second-order valence-electron chi connectivity index (χ2n) is 8.66. The van der Waals surface area contributed by atoms with Crippen LogP contribution in [0.2, 0.25) is 0 Å². The van der Waals surface area contributed by atoms with E-state index in [0.717, 1.165) is 51.1 Å². The van der Waals surface area contributed by atoms with Crippen LogP contribution in [0.3, 0.4) is 0 Å². The summed E-state index contributed by atoms with van der Waals surface area (Å²) >= 11 is 0. The van der Waals surface area contributed by atoms with Crippen molar-refractivity contribution < 1.29 is 6.16 Å². The number of hydrogen-bond acceptors (Lipinski definition) is 8. The zero-order valence-corrected chi connectivity index (χ0v) is 18.5. The maximum atomic E-state index is 12.9. The number of nitrogens with one attached hydrogen (secondary N) is 1. The maximum Gasteiger partial charge on any atom is 0.270 e. The topological polar surface area (TPSA) is 109 Å². The minimum Gasteiger partial charge on any atom is -0.491 e. The summed E-state index contributed by atoms with van der Waals surface area (Å²) in [5.41, 5.74) is 0.390. The predicted octanol–water partition coefficient (Wildman–Crippen LogP) is 3.64. The van der Waals surface area contributed by atoms with Crippen molar-refractivity contribution in [2.24, 2.45) is 0 Å². The van der Waals surface area contributed by atoms with Crippen LogP contribution in [0.25, 0.3) is 11.0 Å². The summed E-state index contributed by atoms with van der Waals surface area (Å²) < 4.78 is 7.49. The van der Waals surface area contributed by atoms with Gasteiger partial charge in [-0.15, -0.1) is 0 Å². The Kier molecular flexibility index (Phi) is 6.17. The van der Waals surface area contributed by atoms with E-state index in [1.54, 1.807) is 23.0 Å². The number of hydrogen-bond donors (Lipinski definition) is 1. The fourth-order valence-corrected chi connectivity index (χ4v) is 4.71. The van der Waals surface area contributed by atoms with Crippen molar-refractivity contribution in [1.82, 2.24) is 24.4 Å². The third kappa shape index (κ3) is 4.66.